The van der Waals surface area contributed by atoms with E-state index in [1.54, 1.807) is 12.1 Å². The lowest BCUT2D eigenvalue weighted by Crippen LogP contribution is -2.15. The maximum atomic E-state index is 13.8. The summed E-state index contributed by atoms with van der Waals surface area (Å²) in [5.74, 6) is 6.69. The molecule has 0 saturated carbocycles. The number of halogens is 1. The fourth-order valence-corrected chi connectivity index (χ4v) is 2.83. The lowest BCUT2D eigenvalue weighted by molar-refractivity contribution is 0.611. The standard InChI is InChI=1S/C16H19FN4/c17-13-8-5-4-6-11(13)10-15-19-14-9-3-1-2-7-12(14)16(20-15)21-18/h4-6,8H,1-3,7,9-10,18H2,(H,19,20,21). The SMILES string of the molecule is NNc1nc(Cc2ccccc2F)nc2c1CCCCC2. The smallest absolute Gasteiger partial charge is 0.147 e. The number of hydrogen-bond donors (Lipinski definition) is 2. The molecule has 1 aliphatic carbocycles. The van der Waals surface area contributed by atoms with Gasteiger partial charge < -0.3 is 5.43 Å². The van der Waals surface area contributed by atoms with Crippen LogP contribution in [0.5, 0.6) is 0 Å². The minimum Gasteiger partial charge on any atom is -0.308 e. The van der Waals surface area contributed by atoms with Crippen LogP contribution in [0.25, 0.3) is 0 Å². The van der Waals surface area contributed by atoms with Gasteiger partial charge in [0, 0.05) is 17.7 Å². The Balaban J connectivity index is 1.96. The van der Waals surface area contributed by atoms with E-state index in [9.17, 15) is 4.39 Å². The monoisotopic (exact) mass is 286 g/mol. The van der Waals surface area contributed by atoms with Crippen LogP contribution in [0.15, 0.2) is 24.3 Å². The molecular weight excluding hydrogens is 267 g/mol. The van der Waals surface area contributed by atoms with Crippen LogP contribution in [-0.4, -0.2) is 9.97 Å². The molecule has 4 nitrogen and oxygen atoms in total. The fourth-order valence-electron chi connectivity index (χ4n) is 2.83. The van der Waals surface area contributed by atoms with Gasteiger partial charge in [0.05, 0.1) is 0 Å². The Labute approximate surface area is 123 Å². The number of nitrogens with one attached hydrogen (secondary N) is 1. The normalized spacial score (nSPS) is 14.4. The van der Waals surface area contributed by atoms with Crippen molar-refractivity contribution in [3.63, 3.8) is 0 Å². The molecule has 5 heteroatoms. The van der Waals surface area contributed by atoms with Crippen molar-refractivity contribution in [1.29, 1.82) is 0 Å². The van der Waals surface area contributed by atoms with E-state index in [0.717, 1.165) is 36.9 Å². The zero-order valence-electron chi connectivity index (χ0n) is 11.9. The van der Waals surface area contributed by atoms with Gasteiger partial charge in [0.1, 0.15) is 17.5 Å². The average molecular weight is 286 g/mol. The van der Waals surface area contributed by atoms with Gasteiger partial charge in [-0.1, -0.05) is 24.6 Å². The second-order valence-corrected chi connectivity index (χ2v) is 5.39. The highest BCUT2D eigenvalue weighted by Crippen LogP contribution is 2.25. The summed E-state index contributed by atoms with van der Waals surface area (Å²) in [6, 6.07) is 6.73. The summed E-state index contributed by atoms with van der Waals surface area (Å²) >= 11 is 0. The summed E-state index contributed by atoms with van der Waals surface area (Å²) in [4.78, 5) is 9.11. The number of nitrogen functional groups attached to an aromatic ring is 1. The third-order valence-corrected chi connectivity index (χ3v) is 3.92. The van der Waals surface area contributed by atoms with E-state index in [4.69, 9.17) is 5.84 Å². The van der Waals surface area contributed by atoms with Gasteiger partial charge in [-0.25, -0.2) is 20.2 Å². The Hall–Kier alpha value is -2.01. The first-order valence-electron chi connectivity index (χ1n) is 7.36. The molecule has 0 spiro atoms. The van der Waals surface area contributed by atoms with Crippen LogP contribution < -0.4 is 11.3 Å². The predicted molar refractivity (Wildman–Crippen MR) is 80.3 cm³/mol. The first-order chi connectivity index (χ1) is 10.3. The fraction of sp³-hybridized carbons (Fsp3) is 0.375. The van der Waals surface area contributed by atoms with Gasteiger partial charge in [0.15, 0.2) is 0 Å². The van der Waals surface area contributed by atoms with Crippen LogP contribution in [0.4, 0.5) is 10.2 Å². The summed E-state index contributed by atoms with van der Waals surface area (Å²) in [6.07, 6.45) is 5.74. The van der Waals surface area contributed by atoms with E-state index in [1.165, 1.54) is 12.5 Å². The van der Waals surface area contributed by atoms with Crippen molar-refractivity contribution < 1.29 is 4.39 Å². The highest BCUT2D eigenvalue weighted by atomic mass is 19.1. The molecule has 1 aromatic heterocycles. The average Bonchev–Trinajstić information content (AvgIpc) is 2.74. The van der Waals surface area contributed by atoms with Crippen molar-refractivity contribution in [2.24, 2.45) is 5.84 Å². The summed E-state index contributed by atoms with van der Waals surface area (Å²) < 4.78 is 13.8. The molecule has 1 aromatic carbocycles. The topological polar surface area (TPSA) is 63.8 Å². The van der Waals surface area contributed by atoms with Gasteiger partial charge >= 0.3 is 0 Å². The number of aryl methyl sites for hydroxylation is 1. The molecule has 0 aliphatic heterocycles. The molecule has 110 valence electrons. The van der Waals surface area contributed by atoms with Gasteiger partial charge in [-0.3, -0.25) is 0 Å². The summed E-state index contributed by atoms with van der Waals surface area (Å²) in [5.41, 5.74) is 5.46. The number of anilines is 1. The Kier molecular flexibility index (Phi) is 4.10. The van der Waals surface area contributed by atoms with Crippen LogP contribution in [0.3, 0.4) is 0 Å². The molecule has 0 fully saturated rings. The number of nitrogens with zero attached hydrogens (tertiary/aromatic N) is 2. The van der Waals surface area contributed by atoms with E-state index in [1.807, 2.05) is 6.07 Å². The van der Waals surface area contributed by atoms with Crippen LogP contribution in [0.1, 0.15) is 41.9 Å². The molecule has 21 heavy (non-hydrogen) atoms. The first kappa shape index (κ1) is 13.9. The van der Waals surface area contributed by atoms with E-state index in [-0.39, 0.29) is 5.82 Å². The molecule has 0 bridgehead atoms. The molecule has 0 unspecified atom stereocenters. The second-order valence-electron chi connectivity index (χ2n) is 5.39. The van der Waals surface area contributed by atoms with Gasteiger partial charge in [0.2, 0.25) is 0 Å². The van der Waals surface area contributed by atoms with Gasteiger partial charge in [-0.15, -0.1) is 0 Å². The van der Waals surface area contributed by atoms with Crippen LogP contribution in [0.2, 0.25) is 0 Å². The minimum atomic E-state index is -0.224. The molecular formula is C16H19FN4. The number of hydrogen-bond acceptors (Lipinski definition) is 4. The Morgan fingerprint density at radius 3 is 2.71 bits per heavy atom. The number of rotatable bonds is 3. The largest absolute Gasteiger partial charge is 0.308 e. The molecule has 3 N–H and O–H groups in total. The van der Waals surface area contributed by atoms with Crippen molar-refractivity contribution in [2.75, 3.05) is 5.43 Å². The number of fused-ring (bicyclic) bond motifs is 1. The summed E-state index contributed by atoms with van der Waals surface area (Å²) in [5, 5.41) is 0. The molecule has 3 rings (SSSR count). The minimum absolute atomic E-state index is 0.224. The molecule has 0 saturated heterocycles. The van der Waals surface area contributed by atoms with E-state index >= 15 is 0 Å². The van der Waals surface area contributed by atoms with Gasteiger partial charge in [-0.05, 0) is 37.3 Å². The molecule has 0 amide bonds. The zero-order chi connectivity index (χ0) is 14.7. The Morgan fingerprint density at radius 1 is 1.10 bits per heavy atom. The molecule has 1 heterocycles. The van der Waals surface area contributed by atoms with Gasteiger partial charge in [0.25, 0.3) is 0 Å². The third kappa shape index (κ3) is 3.03. The number of benzene rings is 1. The maximum Gasteiger partial charge on any atom is 0.147 e. The lowest BCUT2D eigenvalue weighted by atomic mass is 10.1. The summed E-state index contributed by atoms with van der Waals surface area (Å²) in [6.45, 7) is 0. The van der Waals surface area contributed by atoms with Crippen molar-refractivity contribution >= 4 is 5.82 Å². The summed E-state index contributed by atoms with van der Waals surface area (Å²) in [7, 11) is 0. The van der Waals surface area contributed by atoms with Crippen LogP contribution in [0, 0.1) is 5.82 Å². The number of nitrogens with two attached hydrogens (primary N) is 1. The quantitative estimate of drug-likeness (QED) is 0.517. The number of hydrazine groups is 1. The second kappa shape index (κ2) is 6.18. The number of aromatic nitrogens is 2. The van der Waals surface area contributed by atoms with Crippen LogP contribution in [-0.2, 0) is 19.3 Å². The third-order valence-electron chi connectivity index (χ3n) is 3.92. The molecule has 0 atom stereocenters. The Morgan fingerprint density at radius 2 is 1.90 bits per heavy atom. The van der Waals surface area contributed by atoms with Crippen molar-refractivity contribution in [2.45, 2.75) is 38.5 Å². The predicted octanol–water partition coefficient (Wildman–Crippen LogP) is 2.76. The molecule has 0 radical (unpaired) electrons. The van der Waals surface area contributed by atoms with Crippen molar-refractivity contribution in [1.82, 2.24) is 9.97 Å². The highest BCUT2D eigenvalue weighted by molar-refractivity contribution is 5.46. The highest BCUT2D eigenvalue weighted by Gasteiger charge is 2.17. The molecule has 1 aliphatic rings. The van der Waals surface area contributed by atoms with E-state index in [0.29, 0.717) is 23.6 Å². The van der Waals surface area contributed by atoms with E-state index in [2.05, 4.69) is 15.4 Å². The first-order valence-corrected chi connectivity index (χ1v) is 7.36. The van der Waals surface area contributed by atoms with Crippen LogP contribution >= 0.6 is 0 Å². The Bertz CT molecular complexity index is 642. The lowest BCUT2D eigenvalue weighted by Gasteiger charge is -2.13. The van der Waals surface area contributed by atoms with E-state index < -0.39 is 0 Å². The van der Waals surface area contributed by atoms with Gasteiger partial charge in [-0.2, -0.15) is 0 Å². The van der Waals surface area contributed by atoms with Crippen molar-refractivity contribution in [3.05, 3.63) is 52.7 Å². The zero-order valence-corrected chi connectivity index (χ0v) is 11.9. The van der Waals surface area contributed by atoms with Crippen molar-refractivity contribution in [3.8, 4) is 0 Å². The maximum absolute atomic E-state index is 13.8. The molecule has 2 aromatic rings.